The third-order valence-electron chi connectivity index (χ3n) is 4.08. The van der Waals surface area contributed by atoms with Gasteiger partial charge in [-0.05, 0) is 45.3 Å². The number of likely N-dealkylation sites (tertiary alicyclic amines) is 1. The van der Waals surface area contributed by atoms with Gasteiger partial charge in [0.25, 0.3) is 11.5 Å². The van der Waals surface area contributed by atoms with Crippen LogP contribution >= 0.6 is 0 Å². The highest BCUT2D eigenvalue weighted by Gasteiger charge is 2.14. The molecule has 7 heteroatoms. The SMILES string of the molecule is Cn1cc(C(=O)NCCCCN2CCCC2)c(=O)n(C)c1=O. The summed E-state index contributed by atoms with van der Waals surface area (Å²) in [6, 6.07) is 0. The summed E-state index contributed by atoms with van der Waals surface area (Å²) in [6.07, 6.45) is 5.78. The van der Waals surface area contributed by atoms with Gasteiger partial charge in [-0.3, -0.25) is 14.2 Å². The smallest absolute Gasteiger partial charge is 0.330 e. The van der Waals surface area contributed by atoms with Gasteiger partial charge in [-0.2, -0.15) is 0 Å². The molecule has 0 spiro atoms. The summed E-state index contributed by atoms with van der Waals surface area (Å²) in [5, 5.41) is 2.75. The number of rotatable bonds is 6. The van der Waals surface area contributed by atoms with Gasteiger partial charge in [0.05, 0.1) is 0 Å². The van der Waals surface area contributed by atoms with Crippen molar-refractivity contribution in [2.75, 3.05) is 26.2 Å². The van der Waals surface area contributed by atoms with Gasteiger partial charge in [-0.25, -0.2) is 4.79 Å². The molecule has 1 saturated heterocycles. The zero-order valence-electron chi connectivity index (χ0n) is 13.3. The maximum atomic E-state index is 12.1. The monoisotopic (exact) mass is 308 g/mol. The van der Waals surface area contributed by atoms with E-state index in [-0.39, 0.29) is 5.56 Å². The molecule has 0 saturated carbocycles. The molecule has 2 heterocycles. The van der Waals surface area contributed by atoms with Gasteiger partial charge < -0.3 is 14.8 Å². The third-order valence-corrected chi connectivity index (χ3v) is 4.08. The van der Waals surface area contributed by atoms with E-state index in [0.717, 1.165) is 24.0 Å². The van der Waals surface area contributed by atoms with E-state index in [2.05, 4.69) is 10.2 Å². The summed E-state index contributed by atoms with van der Waals surface area (Å²) in [5.41, 5.74) is -0.992. The number of nitrogens with one attached hydrogen (secondary N) is 1. The highest BCUT2D eigenvalue weighted by Crippen LogP contribution is 2.07. The molecule has 1 aromatic rings. The molecule has 1 aromatic heterocycles. The van der Waals surface area contributed by atoms with Gasteiger partial charge in [0.2, 0.25) is 0 Å². The molecule has 0 atom stereocenters. The zero-order chi connectivity index (χ0) is 16.1. The molecule has 0 unspecified atom stereocenters. The minimum atomic E-state index is -0.558. The zero-order valence-corrected chi connectivity index (χ0v) is 13.3. The van der Waals surface area contributed by atoms with E-state index in [1.54, 1.807) is 0 Å². The van der Waals surface area contributed by atoms with Gasteiger partial charge in [-0.1, -0.05) is 0 Å². The molecule has 7 nitrogen and oxygen atoms in total. The molecule has 122 valence electrons. The summed E-state index contributed by atoms with van der Waals surface area (Å²) in [4.78, 5) is 38.0. The van der Waals surface area contributed by atoms with E-state index in [1.807, 2.05) is 0 Å². The van der Waals surface area contributed by atoms with E-state index < -0.39 is 17.2 Å². The second-order valence-electron chi connectivity index (χ2n) is 5.81. The molecule has 1 aliphatic rings. The first-order valence-electron chi connectivity index (χ1n) is 7.78. The van der Waals surface area contributed by atoms with Crippen molar-refractivity contribution in [1.29, 1.82) is 0 Å². The summed E-state index contributed by atoms with van der Waals surface area (Å²) in [5.74, 6) is -0.419. The van der Waals surface area contributed by atoms with Crippen LogP contribution in [0.25, 0.3) is 0 Å². The molecule has 1 fully saturated rings. The molecule has 0 radical (unpaired) electrons. The number of hydrogen-bond acceptors (Lipinski definition) is 4. The molecule has 1 amide bonds. The first-order chi connectivity index (χ1) is 10.5. The van der Waals surface area contributed by atoms with Crippen LogP contribution in [0.3, 0.4) is 0 Å². The molecule has 2 rings (SSSR count). The van der Waals surface area contributed by atoms with Gasteiger partial charge in [0.1, 0.15) is 5.56 Å². The van der Waals surface area contributed by atoms with Crippen LogP contribution in [0.4, 0.5) is 0 Å². The molecule has 0 aromatic carbocycles. The maximum Gasteiger partial charge on any atom is 0.330 e. The normalized spacial score (nSPS) is 15.2. The number of nitrogens with zero attached hydrogens (tertiary/aromatic N) is 3. The second-order valence-corrected chi connectivity index (χ2v) is 5.81. The number of hydrogen-bond donors (Lipinski definition) is 1. The Morgan fingerprint density at radius 3 is 2.55 bits per heavy atom. The Morgan fingerprint density at radius 2 is 1.86 bits per heavy atom. The molecule has 1 aliphatic heterocycles. The second kappa shape index (κ2) is 7.40. The summed E-state index contributed by atoms with van der Waals surface area (Å²) < 4.78 is 2.19. The number of aryl methyl sites for hydroxylation is 1. The van der Waals surface area contributed by atoms with Crippen molar-refractivity contribution in [3.05, 3.63) is 32.6 Å². The quantitative estimate of drug-likeness (QED) is 0.732. The summed E-state index contributed by atoms with van der Waals surface area (Å²) in [7, 11) is 2.89. The van der Waals surface area contributed by atoms with E-state index >= 15 is 0 Å². The lowest BCUT2D eigenvalue weighted by Crippen LogP contribution is -2.42. The number of amides is 1. The van der Waals surface area contributed by atoms with Crippen LogP contribution in [0.5, 0.6) is 0 Å². The first kappa shape index (κ1) is 16.5. The molecule has 0 aliphatic carbocycles. The van der Waals surface area contributed by atoms with Gasteiger partial charge in [0.15, 0.2) is 0 Å². The van der Waals surface area contributed by atoms with Crippen molar-refractivity contribution in [1.82, 2.24) is 19.4 Å². The Bertz CT molecular complexity index is 641. The fourth-order valence-electron chi connectivity index (χ4n) is 2.73. The lowest BCUT2D eigenvalue weighted by atomic mass is 10.2. The summed E-state index contributed by atoms with van der Waals surface area (Å²) in [6.45, 7) is 3.97. The van der Waals surface area contributed by atoms with Crippen molar-refractivity contribution in [3.63, 3.8) is 0 Å². The highest BCUT2D eigenvalue weighted by atomic mass is 16.2. The van der Waals surface area contributed by atoms with Crippen molar-refractivity contribution in [3.8, 4) is 0 Å². The van der Waals surface area contributed by atoms with Crippen molar-refractivity contribution in [2.45, 2.75) is 25.7 Å². The average molecular weight is 308 g/mol. The van der Waals surface area contributed by atoms with Crippen LogP contribution < -0.4 is 16.6 Å². The van der Waals surface area contributed by atoms with Crippen molar-refractivity contribution < 1.29 is 4.79 Å². The number of carbonyl (C=O) groups excluding carboxylic acids is 1. The molecular weight excluding hydrogens is 284 g/mol. The van der Waals surface area contributed by atoms with Crippen molar-refractivity contribution >= 4 is 5.91 Å². The lowest BCUT2D eigenvalue weighted by Gasteiger charge is -2.14. The predicted octanol–water partition coefficient (Wildman–Crippen LogP) is -0.310. The van der Waals surface area contributed by atoms with E-state index in [1.165, 1.54) is 50.8 Å². The largest absolute Gasteiger partial charge is 0.352 e. The third kappa shape index (κ3) is 3.85. The number of carbonyl (C=O) groups is 1. The first-order valence-corrected chi connectivity index (χ1v) is 7.78. The van der Waals surface area contributed by atoms with Gasteiger partial charge in [-0.15, -0.1) is 0 Å². The summed E-state index contributed by atoms with van der Waals surface area (Å²) >= 11 is 0. The topological polar surface area (TPSA) is 76.3 Å². The number of unbranched alkanes of at least 4 members (excludes halogenated alkanes) is 1. The van der Waals surface area contributed by atoms with E-state index in [0.29, 0.717) is 6.54 Å². The predicted molar refractivity (Wildman–Crippen MR) is 84.2 cm³/mol. The Morgan fingerprint density at radius 1 is 1.18 bits per heavy atom. The van der Waals surface area contributed by atoms with Gasteiger partial charge >= 0.3 is 5.69 Å². The number of aromatic nitrogens is 2. The molecule has 1 N–H and O–H groups in total. The standard InChI is InChI=1S/C15H24N4O3/c1-17-11-12(14(21)18(2)15(17)22)13(20)16-7-3-4-8-19-9-5-6-10-19/h11H,3-10H2,1-2H3,(H,16,20). The van der Waals surface area contributed by atoms with Gasteiger partial charge in [0, 0.05) is 26.8 Å². The van der Waals surface area contributed by atoms with Crippen LogP contribution in [-0.4, -0.2) is 46.1 Å². The minimum absolute atomic E-state index is 0.00384. The lowest BCUT2D eigenvalue weighted by molar-refractivity contribution is 0.0949. The van der Waals surface area contributed by atoms with Crippen LogP contribution in [0.1, 0.15) is 36.0 Å². The Kier molecular flexibility index (Phi) is 5.54. The average Bonchev–Trinajstić information content (AvgIpc) is 3.01. The highest BCUT2D eigenvalue weighted by molar-refractivity contribution is 5.93. The molecule has 0 bridgehead atoms. The Hall–Kier alpha value is -1.89. The van der Waals surface area contributed by atoms with Crippen LogP contribution in [-0.2, 0) is 14.1 Å². The van der Waals surface area contributed by atoms with Crippen LogP contribution in [0, 0.1) is 0 Å². The van der Waals surface area contributed by atoms with Crippen LogP contribution in [0.15, 0.2) is 15.8 Å². The Balaban J connectivity index is 1.82. The maximum absolute atomic E-state index is 12.1. The molecule has 22 heavy (non-hydrogen) atoms. The van der Waals surface area contributed by atoms with Crippen molar-refractivity contribution in [2.24, 2.45) is 14.1 Å². The Labute approximate surface area is 129 Å². The van der Waals surface area contributed by atoms with E-state index in [9.17, 15) is 14.4 Å². The fourth-order valence-corrected chi connectivity index (χ4v) is 2.73. The minimum Gasteiger partial charge on any atom is -0.352 e. The molecular formula is C15H24N4O3. The van der Waals surface area contributed by atoms with E-state index in [4.69, 9.17) is 0 Å². The fraction of sp³-hybridized carbons (Fsp3) is 0.667. The van der Waals surface area contributed by atoms with Crippen LogP contribution in [0.2, 0.25) is 0 Å².